The monoisotopic (exact) mass is 314 g/mol. The second-order valence-electron chi connectivity index (χ2n) is 5.55. The fraction of sp³-hybridized carbons (Fsp3) is 0.667. The minimum Gasteiger partial charge on any atom is -0.335 e. The lowest BCUT2D eigenvalue weighted by Gasteiger charge is -2.38. The molecular formula is C15H23ClN2OS. The molecule has 1 saturated heterocycles. The van der Waals surface area contributed by atoms with Crippen molar-refractivity contribution in [1.82, 2.24) is 10.2 Å². The maximum Gasteiger partial charge on any atom is 0.227 e. The maximum absolute atomic E-state index is 12.7. The van der Waals surface area contributed by atoms with Crippen molar-refractivity contribution >= 4 is 29.7 Å². The zero-order valence-corrected chi connectivity index (χ0v) is 13.6. The summed E-state index contributed by atoms with van der Waals surface area (Å²) in [4.78, 5) is 16.4. The van der Waals surface area contributed by atoms with Crippen LogP contribution < -0.4 is 5.32 Å². The Bertz CT molecular complexity index is 456. The summed E-state index contributed by atoms with van der Waals surface area (Å²) in [6.07, 6.45) is 4.24. The summed E-state index contributed by atoms with van der Waals surface area (Å²) in [5, 5.41) is 5.53. The van der Waals surface area contributed by atoms with Crippen molar-refractivity contribution in [2.75, 3.05) is 19.6 Å². The van der Waals surface area contributed by atoms with E-state index in [1.165, 1.54) is 10.4 Å². The van der Waals surface area contributed by atoms with E-state index in [0.717, 1.165) is 45.3 Å². The molecule has 0 bridgehead atoms. The van der Waals surface area contributed by atoms with Gasteiger partial charge in [0.2, 0.25) is 5.91 Å². The second kappa shape index (κ2) is 6.92. The first-order valence-electron chi connectivity index (χ1n) is 7.38. The quantitative estimate of drug-likeness (QED) is 0.910. The van der Waals surface area contributed by atoms with Crippen molar-refractivity contribution in [2.45, 2.75) is 38.6 Å². The van der Waals surface area contributed by atoms with Crippen molar-refractivity contribution in [3.05, 3.63) is 21.9 Å². The van der Waals surface area contributed by atoms with Crippen LogP contribution in [0.15, 0.2) is 11.4 Å². The van der Waals surface area contributed by atoms with Gasteiger partial charge in [-0.25, -0.2) is 0 Å². The fourth-order valence-electron chi connectivity index (χ4n) is 3.40. The van der Waals surface area contributed by atoms with E-state index in [9.17, 15) is 4.79 Å². The van der Waals surface area contributed by atoms with E-state index in [0.29, 0.717) is 11.9 Å². The Labute approximate surface area is 131 Å². The molecule has 0 aromatic carbocycles. The number of carbonyl (C=O) groups excluding carboxylic acids is 1. The van der Waals surface area contributed by atoms with Crippen LogP contribution in [0.3, 0.4) is 0 Å². The number of amides is 1. The maximum atomic E-state index is 12.7. The molecule has 0 saturated carbocycles. The zero-order valence-electron chi connectivity index (χ0n) is 11.9. The standard InChI is InChI=1S/C15H22N2OS.ClH/c1-2-13-12-6-9-19-14(12)5-8-17(13)15(18)11-4-3-7-16-10-11;/h6,9,11,13,16H,2-5,7-8,10H2,1H3;1H. The average molecular weight is 315 g/mol. The molecule has 2 aliphatic rings. The molecule has 1 amide bonds. The smallest absolute Gasteiger partial charge is 0.227 e. The molecule has 2 atom stereocenters. The molecule has 1 N–H and O–H groups in total. The first-order valence-corrected chi connectivity index (χ1v) is 8.26. The number of fused-ring (bicyclic) bond motifs is 1. The SMILES string of the molecule is CCC1c2ccsc2CCN1C(=O)C1CCCNC1.Cl. The van der Waals surface area contributed by atoms with Gasteiger partial charge in [0.05, 0.1) is 12.0 Å². The lowest BCUT2D eigenvalue weighted by atomic mass is 9.93. The molecule has 0 radical (unpaired) electrons. The first-order chi connectivity index (χ1) is 9.31. The number of thiophene rings is 1. The van der Waals surface area contributed by atoms with Crippen LogP contribution >= 0.6 is 23.7 Å². The highest BCUT2D eigenvalue weighted by atomic mass is 35.5. The van der Waals surface area contributed by atoms with Crippen molar-refractivity contribution in [3.8, 4) is 0 Å². The molecule has 0 aliphatic carbocycles. The third-order valence-electron chi connectivity index (χ3n) is 4.41. The number of nitrogens with one attached hydrogen (secondary N) is 1. The van der Waals surface area contributed by atoms with E-state index >= 15 is 0 Å². The fourth-order valence-corrected chi connectivity index (χ4v) is 4.33. The Balaban J connectivity index is 0.00000147. The van der Waals surface area contributed by atoms with Crippen LogP contribution in [0.2, 0.25) is 0 Å². The van der Waals surface area contributed by atoms with Crippen molar-refractivity contribution < 1.29 is 4.79 Å². The molecule has 3 nitrogen and oxygen atoms in total. The predicted molar refractivity (Wildman–Crippen MR) is 85.6 cm³/mol. The summed E-state index contributed by atoms with van der Waals surface area (Å²) < 4.78 is 0. The highest BCUT2D eigenvalue weighted by Crippen LogP contribution is 2.36. The van der Waals surface area contributed by atoms with Gasteiger partial charge in [0.15, 0.2) is 0 Å². The van der Waals surface area contributed by atoms with E-state index in [4.69, 9.17) is 0 Å². The topological polar surface area (TPSA) is 32.3 Å². The van der Waals surface area contributed by atoms with E-state index in [2.05, 4.69) is 28.6 Å². The Hall–Kier alpha value is -0.580. The number of piperidine rings is 1. The van der Waals surface area contributed by atoms with Crippen LogP contribution in [0.5, 0.6) is 0 Å². The second-order valence-corrected chi connectivity index (χ2v) is 6.55. The summed E-state index contributed by atoms with van der Waals surface area (Å²) >= 11 is 1.84. The van der Waals surface area contributed by atoms with Gasteiger partial charge in [-0.1, -0.05) is 6.92 Å². The molecule has 112 valence electrons. The summed E-state index contributed by atoms with van der Waals surface area (Å²) in [6, 6.07) is 2.52. The normalized spacial score (nSPS) is 25.8. The molecule has 5 heteroatoms. The van der Waals surface area contributed by atoms with Gasteiger partial charge in [0.1, 0.15) is 0 Å². The van der Waals surface area contributed by atoms with Gasteiger partial charge in [0, 0.05) is 18.0 Å². The van der Waals surface area contributed by atoms with Crippen LogP contribution in [0.25, 0.3) is 0 Å². The summed E-state index contributed by atoms with van der Waals surface area (Å²) in [5.41, 5.74) is 1.40. The number of hydrogen-bond acceptors (Lipinski definition) is 3. The minimum atomic E-state index is 0. The van der Waals surface area contributed by atoms with Gasteiger partial charge >= 0.3 is 0 Å². The van der Waals surface area contributed by atoms with Crippen molar-refractivity contribution in [3.63, 3.8) is 0 Å². The lowest BCUT2D eigenvalue weighted by Crippen LogP contribution is -2.46. The number of carbonyl (C=O) groups is 1. The molecule has 0 spiro atoms. The minimum absolute atomic E-state index is 0. The van der Waals surface area contributed by atoms with Crippen molar-refractivity contribution in [1.29, 1.82) is 0 Å². The van der Waals surface area contributed by atoms with Gasteiger partial charge in [-0.15, -0.1) is 23.7 Å². The van der Waals surface area contributed by atoms with Gasteiger partial charge in [0.25, 0.3) is 0 Å². The van der Waals surface area contributed by atoms with Gasteiger partial charge in [-0.2, -0.15) is 0 Å². The van der Waals surface area contributed by atoms with Crippen LogP contribution in [-0.4, -0.2) is 30.4 Å². The molecule has 3 heterocycles. The molecule has 1 fully saturated rings. The van der Waals surface area contributed by atoms with Crippen LogP contribution in [-0.2, 0) is 11.2 Å². The number of nitrogens with zero attached hydrogens (tertiary/aromatic N) is 1. The molecular weight excluding hydrogens is 292 g/mol. The zero-order chi connectivity index (χ0) is 13.2. The van der Waals surface area contributed by atoms with E-state index in [-0.39, 0.29) is 18.3 Å². The molecule has 3 rings (SSSR count). The molecule has 1 aromatic heterocycles. The van der Waals surface area contributed by atoms with Gasteiger partial charge in [-0.3, -0.25) is 4.79 Å². The number of hydrogen-bond donors (Lipinski definition) is 1. The predicted octanol–water partition coefficient (Wildman–Crippen LogP) is 3.01. The van der Waals surface area contributed by atoms with Crippen LogP contribution in [0.4, 0.5) is 0 Å². The largest absolute Gasteiger partial charge is 0.335 e. The number of halogens is 1. The average Bonchev–Trinajstić information content (AvgIpc) is 2.94. The molecule has 2 aliphatic heterocycles. The highest BCUT2D eigenvalue weighted by molar-refractivity contribution is 7.10. The van der Waals surface area contributed by atoms with E-state index < -0.39 is 0 Å². The number of rotatable bonds is 2. The van der Waals surface area contributed by atoms with Gasteiger partial charge in [-0.05, 0) is 49.2 Å². The lowest BCUT2D eigenvalue weighted by molar-refractivity contribution is -0.139. The molecule has 2 unspecified atom stereocenters. The van der Waals surface area contributed by atoms with Crippen LogP contribution in [0.1, 0.15) is 42.7 Å². The summed E-state index contributed by atoms with van der Waals surface area (Å²) in [6.45, 7) is 5.02. The Morgan fingerprint density at radius 2 is 2.40 bits per heavy atom. The third-order valence-corrected chi connectivity index (χ3v) is 5.41. The summed E-state index contributed by atoms with van der Waals surface area (Å²) in [5.74, 6) is 0.568. The van der Waals surface area contributed by atoms with Crippen molar-refractivity contribution in [2.24, 2.45) is 5.92 Å². The Morgan fingerprint density at radius 1 is 1.55 bits per heavy atom. The molecule has 20 heavy (non-hydrogen) atoms. The Kier molecular flexibility index (Phi) is 5.47. The Morgan fingerprint density at radius 3 is 3.10 bits per heavy atom. The van der Waals surface area contributed by atoms with E-state index in [1.54, 1.807) is 0 Å². The van der Waals surface area contributed by atoms with E-state index in [1.807, 2.05) is 11.3 Å². The first kappa shape index (κ1) is 15.8. The van der Waals surface area contributed by atoms with Gasteiger partial charge < -0.3 is 10.2 Å². The highest BCUT2D eigenvalue weighted by Gasteiger charge is 2.34. The van der Waals surface area contributed by atoms with Crippen LogP contribution in [0, 0.1) is 5.92 Å². The summed E-state index contributed by atoms with van der Waals surface area (Å²) in [7, 11) is 0. The molecule has 1 aromatic rings. The third kappa shape index (κ3) is 2.87.